The van der Waals surface area contributed by atoms with Gasteiger partial charge in [0.05, 0.1) is 17.8 Å². The van der Waals surface area contributed by atoms with Gasteiger partial charge in [-0.1, -0.05) is 12.1 Å². The Balaban J connectivity index is 1.89. The highest BCUT2D eigenvalue weighted by Crippen LogP contribution is 2.38. The van der Waals surface area contributed by atoms with Gasteiger partial charge in [0.25, 0.3) is 0 Å². The lowest BCUT2D eigenvalue weighted by atomic mass is 10.0. The van der Waals surface area contributed by atoms with Crippen molar-refractivity contribution in [2.45, 2.75) is 26.0 Å². The van der Waals surface area contributed by atoms with Crippen LogP contribution < -0.4 is 15.4 Å². The van der Waals surface area contributed by atoms with Crippen LogP contribution in [0.4, 0.5) is 11.4 Å². The molecule has 2 aromatic carbocycles. The van der Waals surface area contributed by atoms with E-state index in [0.717, 1.165) is 23.5 Å². The SMILES string of the molecule is CC1(C)CN(Cc2ccc(C(=O)O)cc2)c2ccc(N)cc2O1. The quantitative estimate of drug-likeness (QED) is 0.852. The van der Waals surface area contributed by atoms with E-state index in [1.54, 1.807) is 12.1 Å². The molecule has 1 aliphatic rings. The van der Waals surface area contributed by atoms with E-state index in [1.165, 1.54) is 0 Å². The molecular formula is C18H20N2O3. The monoisotopic (exact) mass is 312 g/mol. The number of carboxylic acid groups (broad SMARTS) is 1. The maximum absolute atomic E-state index is 10.9. The van der Waals surface area contributed by atoms with Gasteiger partial charge in [0, 0.05) is 18.3 Å². The number of carboxylic acids is 1. The van der Waals surface area contributed by atoms with Crippen molar-refractivity contribution in [3.63, 3.8) is 0 Å². The van der Waals surface area contributed by atoms with Gasteiger partial charge in [-0.25, -0.2) is 4.79 Å². The predicted molar refractivity (Wildman–Crippen MR) is 90.0 cm³/mol. The largest absolute Gasteiger partial charge is 0.484 e. The zero-order valence-corrected chi connectivity index (χ0v) is 13.2. The van der Waals surface area contributed by atoms with Crippen LogP contribution in [-0.4, -0.2) is 23.2 Å². The summed E-state index contributed by atoms with van der Waals surface area (Å²) in [5.74, 6) is -0.131. The maximum Gasteiger partial charge on any atom is 0.335 e. The van der Waals surface area contributed by atoms with Gasteiger partial charge < -0.3 is 20.5 Å². The van der Waals surface area contributed by atoms with Crippen LogP contribution in [0, 0.1) is 0 Å². The number of hydrogen-bond acceptors (Lipinski definition) is 4. The molecule has 0 bridgehead atoms. The first kappa shape index (κ1) is 15.2. The minimum absolute atomic E-state index is 0.296. The molecule has 5 nitrogen and oxygen atoms in total. The Morgan fingerprint density at radius 3 is 2.61 bits per heavy atom. The normalized spacial score (nSPS) is 15.7. The number of benzene rings is 2. The minimum Gasteiger partial charge on any atom is -0.484 e. The second-order valence-electron chi connectivity index (χ2n) is 6.45. The summed E-state index contributed by atoms with van der Waals surface area (Å²) in [5, 5.41) is 8.98. The summed E-state index contributed by atoms with van der Waals surface area (Å²) >= 11 is 0. The van der Waals surface area contributed by atoms with Crippen LogP contribution in [-0.2, 0) is 6.54 Å². The molecule has 0 radical (unpaired) electrons. The molecule has 120 valence electrons. The molecule has 1 heterocycles. The van der Waals surface area contributed by atoms with Crippen molar-refractivity contribution in [3.8, 4) is 5.75 Å². The fourth-order valence-electron chi connectivity index (χ4n) is 2.86. The van der Waals surface area contributed by atoms with Crippen molar-refractivity contribution < 1.29 is 14.6 Å². The molecule has 0 amide bonds. The molecule has 0 fully saturated rings. The van der Waals surface area contributed by atoms with E-state index in [9.17, 15) is 4.79 Å². The molecule has 23 heavy (non-hydrogen) atoms. The maximum atomic E-state index is 10.9. The molecule has 0 saturated carbocycles. The van der Waals surface area contributed by atoms with Crippen LogP contribution in [0.15, 0.2) is 42.5 Å². The second kappa shape index (κ2) is 5.50. The molecule has 0 unspecified atom stereocenters. The summed E-state index contributed by atoms with van der Waals surface area (Å²) < 4.78 is 6.02. The average molecular weight is 312 g/mol. The Bertz CT molecular complexity index is 738. The fraction of sp³-hybridized carbons (Fsp3) is 0.278. The van der Waals surface area contributed by atoms with Crippen molar-refractivity contribution in [2.24, 2.45) is 0 Å². The molecule has 1 aliphatic heterocycles. The number of ether oxygens (including phenoxy) is 1. The van der Waals surface area contributed by atoms with Crippen LogP contribution in [0.3, 0.4) is 0 Å². The Morgan fingerprint density at radius 1 is 1.26 bits per heavy atom. The van der Waals surface area contributed by atoms with Crippen LogP contribution in [0.2, 0.25) is 0 Å². The zero-order valence-electron chi connectivity index (χ0n) is 13.2. The van der Waals surface area contributed by atoms with Gasteiger partial charge in [-0.3, -0.25) is 0 Å². The van der Waals surface area contributed by atoms with E-state index in [0.29, 0.717) is 17.8 Å². The number of fused-ring (bicyclic) bond motifs is 1. The van der Waals surface area contributed by atoms with Gasteiger partial charge in [-0.15, -0.1) is 0 Å². The molecular weight excluding hydrogens is 292 g/mol. The lowest BCUT2D eigenvalue weighted by Gasteiger charge is -2.41. The number of anilines is 2. The highest BCUT2D eigenvalue weighted by atomic mass is 16.5. The molecule has 3 N–H and O–H groups in total. The second-order valence-corrected chi connectivity index (χ2v) is 6.45. The van der Waals surface area contributed by atoms with Gasteiger partial charge in [0.2, 0.25) is 0 Å². The van der Waals surface area contributed by atoms with E-state index < -0.39 is 5.97 Å². The van der Waals surface area contributed by atoms with E-state index in [2.05, 4.69) is 4.90 Å². The first-order valence-corrected chi connectivity index (χ1v) is 7.50. The predicted octanol–water partition coefficient (Wildman–Crippen LogP) is 3.14. The van der Waals surface area contributed by atoms with Gasteiger partial charge in [-0.05, 0) is 43.7 Å². The number of nitrogens with two attached hydrogens (primary N) is 1. The number of nitrogen functional groups attached to an aromatic ring is 1. The Kier molecular flexibility index (Phi) is 3.64. The molecule has 0 aliphatic carbocycles. The van der Waals surface area contributed by atoms with Crippen LogP contribution in [0.1, 0.15) is 29.8 Å². The lowest BCUT2D eigenvalue weighted by molar-refractivity contribution is 0.0697. The molecule has 0 aromatic heterocycles. The summed E-state index contributed by atoms with van der Waals surface area (Å²) in [4.78, 5) is 13.2. The van der Waals surface area contributed by atoms with E-state index in [-0.39, 0.29) is 5.60 Å². The third kappa shape index (κ3) is 3.23. The van der Waals surface area contributed by atoms with E-state index in [1.807, 2.05) is 44.2 Å². The third-order valence-corrected chi connectivity index (χ3v) is 3.86. The average Bonchev–Trinajstić information content (AvgIpc) is 2.46. The smallest absolute Gasteiger partial charge is 0.335 e. The first-order valence-electron chi connectivity index (χ1n) is 7.50. The van der Waals surface area contributed by atoms with E-state index >= 15 is 0 Å². The summed E-state index contributed by atoms with van der Waals surface area (Å²) in [6, 6.07) is 12.6. The highest BCUT2D eigenvalue weighted by molar-refractivity contribution is 5.87. The Labute approximate surface area is 135 Å². The molecule has 0 atom stereocenters. The summed E-state index contributed by atoms with van der Waals surface area (Å²) in [6.45, 7) is 5.51. The first-order chi connectivity index (χ1) is 10.8. The number of rotatable bonds is 3. The minimum atomic E-state index is -0.912. The molecule has 3 rings (SSSR count). The van der Waals surface area contributed by atoms with Crippen molar-refractivity contribution >= 4 is 17.3 Å². The third-order valence-electron chi connectivity index (χ3n) is 3.86. The van der Waals surface area contributed by atoms with Crippen molar-refractivity contribution in [3.05, 3.63) is 53.6 Å². The Morgan fingerprint density at radius 2 is 1.96 bits per heavy atom. The fourth-order valence-corrected chi connectivity index (χ4v) is 2.86. The Hall–Kier alpha value is -2.69. The lowest BCUT2D eigenvalue weighted by Crippen LogP contribution is -2.46. The van der Waals surface area contributed by atoms with Gasteiger partial charge in [0.1, 0.15) is 11.4 Å². The molecule has 5 heteroatoms. The number of carbonyl (C=O) groups is 1. The molecule has 0 spiro atoms. The number of aromatic carboxylic acids is 1. The van der Waals surface area contributed by atoms with Gasteiger partial charge in [0.15, 0.2) is 0 Å². The van der Waals surface area contributed by atoms with Gasteiger partial charge in [-0.2, -0.15) is 0 Å². The molecule has 2 aromatic rings. The summed E-state index contributed by atoms with van der Waals surface area (Å²) in [7, 11) is 0. The standard InChI is InChI=1S/C18H20N2O3/c1-18(2)11-20(15-8-7-14(19)9-16(15)23-18)10-12-3-5-13(6-4-12)17(21)22/h3-9H,10-11,19H2,1-2H3,(H,21,22). The van der Waals surface area contributed by atoms with Crippen LogP contribution in [0.25, 0.3) is 0 Å². The topological polar surface area (TPSA) is 75.8 Å². The van der Waals surface area contributed by atoms with E-state index in [4.69, 9.17) is 15.6 Å². The van der Waals surface area contributed by atoms with Gasteiger partial charge >= 0.3 is 5.97 Å². The summed E-state index contributed by atoms with van der Waals surface area (Å²) in [5.41, 5.74) is 8.56. The van der Waals surface area contributed by atoms with Crippen molar-refractivity contribution in [2.75, 3.05) is 17.2 Å². The van der Waals surface area contributed by atoms with Crippen LogP contribution >= 0.6 is 0 Å². The van der Waals surface area contributed by atoms with Crippen molar-refractivity contribution in [1.29, 1.82) is 0 Å². The zero-order chi connectivity index (χ0) is 16.6. The number of hydrogen-bond donors (Lipinski definition) is 2. The summed E-state index contributed by atoms with van der Waals surface area (Å²) in [6.07, 6.45) is 0. The van der Waals surface area contributed by atoms with Crippen molar-refractivity contribution in [1.82, 2.24) is 0 Å². The number of nitrogens with zero attached hydrogens (tertiary/aromatic N) is 1. The highest BCUT2D eigenvalue weighted by Gasteiger charge is 2.31. The van der Waals surface area contributed by atoms with Crippen LogP contribution in [0.5, 0.6) is 5.75 Å². The molecule has 0 saturated heterocycles.